The maximum Gasteiger partial charge on any atom is 0.246 e. The summed E-state index contributed by atoms with van der Waals surface area (Å²) in [6.07, 6.45) is 3.54. The molecule has 2 rings (SSSR count). The first-order valence-corrected chi connectivity index (χ1v) is 6.84. The van der Waals surface area contributed by atoms with Gasteiger partial charge >= 0.3 is 0 Å². The summed E-state index contributed by atoms with van der Waals surface area (Å²) >= 11 is 0. The van der Waals surface area contributed by atoms with Gasteiger partial charge < -0.3 is 14.2 Å². The highest BCUT2D eigenvalue weighted by Gasteiger charge is 2.26. The maximum absolute atomic E-state index is 12.3. The normalized spacial score (nSPS) is 16.9. The van der Waals surface area contributed by atoms with E-state index in [1.54, 1.807) is 11.2 Å². The lowest BCUT2D eigenvalue weighted by molar-refractivity contribution is -0.140. The summed E-state index contributed by atoms with van der Waals surface area (Å²) in [5.74, 6) is 0.766. The molecule has 1 unspecified atom stereocenters. The first-order chi connectivity index (χ1) is 9.61. The smallest absolute Gasteiger partial charge is 0.246 e. The molecule has 1 fully saturated rings. The van der Waals surface area contributed by atoms with Gasteiger partial charge in [0.15, 0.2) is 0 Å². The fourth-order valence-corrected chi connectivity index (χ4v) is 2.41. The molecule has 0 radical (unpaired) electrons. The number of amides is 2. The van der Waals surface area contributed by atoms with E-state index in [2.05, 4.69) is 6.58 Å². The fraction of sp³-hybridized carbons (Fsp3) is 0.467. The van der Waals surface area contributed by atoms with Gasteiger partial charge in [-0.15, -0.1) is 0 Å². The van der Waals surface area contributed by atoms with Gasteiger partial charge in [-0.3, -0.25) is 9.59 Å². The molecule has 0 saturated carbocycles. The minimum Gasteiger partial charge on any atom is -0.469 e. The SMILES string of the molecule is C=CC(=O)N1CCN(C(=O)C(C)Cc2ccco2)CC1. The maximum atomic E-state index is 12.3. The van der Waals surface area contributed by atoms with Crippen molar-refractivity contribution in [3.63, 3.8) is 0 Å². The highest BCUT2D eigenvalue weighted by Crippen LogP contribution is 2.13. The van der Waals surface area contributed by atoms with E-state index in [9.17, 15) is 9.59 Å². The van der Waals surface area contributed by atoms with Crippen molar-refractivity contribution in [2.24, 2.45) is 5.92 Å². The highest BCUT2D eigenvalue weighted by atomic mass is 16.3. The Balaban J connectivity index is 1.85. The van der Waals surface area contributed by atoms with E-state index in [4.69, 9.17) is 4.42 Å². The molecule has 20 heavy (non-hydrogen) atoms. The van der Waals surface area contributed by atoms with Crippen LogP contribution in [0.15, 0.2) is 35.5 Å². The molecule has 1 saturated heterocycles. The highest BCUT2D eigenvalue weighted by molar-refractivity contribution is 5.87. The predicted molar refractivity (Wildman–Crippen MR) is 74.9 cm³/mol. The van der Waals surface area contributed by atoms with Crippen molar-refractivity contribution in [1.82, 2.24) is 9.80 Å². The second-order valence-corrected chi connectivity index (χ2v) is 5.04. The molecular weight excluding hydrogens is 256 g/mol. The van der Waals surface area contributed by atoms with Gasteiger partial charge in [0.2, 0.25) is 11.8 Å². The number of hydrogen-bond donors (Lipinski definition) is 0. The Morgan fingerprint density at radius 2 is 2.00 bits per heavy atom. The van der Waals surface area contributed by atoms with Gasteiger partial charge in [0.25, 0.3) is 0 Å². The van der Waals surface area contributed by atoms with Crippen LogP contribution in [0.25, 0.3) is 0 Å². The van der Waals surface area contributed by atoms with E-state index >= 15 is 0 Å². The Morgan fingerprint density at radius 3 is 2.55 bits per heavy atom. The van der Waals surface area contributed by atoms with Gasteiger partial charge in [0, 0.05) is 38.5 Å². The van der Waals surface area contributed by atoms with Crippen LogP contribution in [0.2, 0.25) is 0 Å². The van der Waals surface area contributed by atoms with E-state index in [1.807, 2.05) is 24.0 Å². The average Bonchev–Trinajstić information content (AvgIpc) is 2.98. The molecule has 1 aliphatic rings. The minimum absolute atomic E-state index is 0.0688. The number of nitrogens with zero attached hydrogens (tertiary/aromatic N) is 2. The summed E-state index contributed by atoms with van der Waals surface area (Å²) in [6.45, 7) is 7.70. The molecule has 0 spiro atoms. The van der Waals surface area contributed by atoms with E-state index in [1.165, 1.54) is 6.08 Å². The molecule has 2 heterocycles. The zero-order valence-corrected chi connectivity index (χ0v) is 11.7. The minimum atomic E-state index is -0.109. The van der Waals surface area contributed by atoms with E-state index in [0.717, 1.165) is 5.76 Å². The summed E-state index contributed by atoms with van der Waals surface area (Å²) in [4.78, 5) is 27.3. The van der Waals surface area contributed by atoms with Crippen LogP contribution < -0.4 is 0 Å². The molecule has 0 aromatic carbocycles. The van der Waals surface area contributed by atoms with Gasteiger partial charge in [-0.1, -0.05) is 13.5 Å². The lowest BCUT2D eigenvalue weighted by Crippen LogP contribution is -2.51. The summed E-state index contributed by atoms with van der Waals surface area (Å²) in [7, 11) is 0. The van der Waals surface area contributed by atoms with Crippen LogP contribution in [-0.4, -0.2) is 47.8 Å². The third kappa shape index (κ3) is 3.29. The molecule has 0 N–H and O–H groups in total. The molecule has 0 bridgehead atoms. The zero-order valence-electron chi connectivity index (χ0n) is 11.7. The predicted octanol–water partition coefficient (Wildman–Crippen LogP) is 1.31. The summed E-state index contributed by atoms with van der Waals surface area (Å²) in [6, 6.07) is 3.71. The number of carbonyl (C=O) groups excluding carboxylic acids is 2. The number of hydrogen-bond acceptors (Lipinski definition) is 3. The zero-order chi connectivity index (χ0) is 14.5. The molecule has 0 aliphatic carbocycles. The Kier molecular flexibility index (Phi) is 4.61. The average molecular weight is 276 g/mol. The van der Waals surface area contributed by atoms with Crippen LogP contribution in [0, 0.1) is 5.92 Å². The van der Waals surface area contributed by atoms with E-state index in [-0.39, 0.29) is 17.7 Å². The van der Waals surface area contributed by atoms with Crippen molar-refractivity contribution in [2.45, 2.75) is 13.3 Å². The Labute approximate surface area is 118 Å². The number of furan rings is 1. The second kappa shape index (κ2) is 6.41. The second-order valence-electron chi connectivity index (χ2n) is 5.04. The Morgan fingerprint density at radius 1 is 1.35 bits per heavy atom. The molecule has 5 heteroatoms. The van der Waals surface area contributed by atoms with Crippen molar-refractivity contribution in [3.05, 3.63) is 36.8 Å². The van der Waals surface area contributed by atoms with Gasteiger partial charge in [-0.05, 0) is 18.2 Å². The fourth-order valence-electron chi connectivity index (χ4n) is 2.41. The third-order valence-corrected chi connectivity index (χ3v) is 3.59. The molecule has 108 valence electrons. The first-order valence-electron chi connectivity index (χ1n) is 6.84. The standard InChI is InChI=1S/C15H20N2O3/c1-3-14(18)16-6-8-17(9-7-16)15(19)12(2)11-13-5-4-10-20-13/h3-5,10,12H,1,6-9,11H2,2H3. The largest absolute Gasteiger partial charge is 0.469 e. The monoisotopic (exact) mass is 276 g/mol. The van der Waals surface area contributed by atoms with Crippen LogP contribution in [0.4, 0.5) is 0 Å². The Bertz CT molecular complexity index is 473. The van der Waals surface area contributed by atoms with Crippen molar-refractivity contribution in [2.75, 3.05) is 26.2 Å². The molecule has 1 aromatic rings. The first kappa shape index (κ1) is 14.4. The van der Waals surface area contributed by atoms with Crippen LogP contribution in [0.5, 0.6) is 0 Å². The molecule has 2 amide bonds. The van der Waals surface area contributed by atoms with Crippen LogP contribution in [0.1, 0.15) is 12.7 Å². The van der Waals surface area contributed by atoms with Crippen molar-refractivity contribution >= 4 is 11.8 Å². The molecule has 1 atom stereocenters. The van der Waals surface area contributed by atoms with Gasteiger partial charge in [-0.25, -0.2) is 0 Å². The topological polar surface area (TPSA) is 53.8 Å². The summed E-state index contributed by atoms with van der Waals surface area (Å²) in [5, 5.41) is 0. The van der Waals surface area contributed by atoms with Gasteiger partial charge in [0.1, 0.15) is 5.76 Å². The van der Waals surface area contributed by atoms with Crippen molar-refractivity contribution in [1.29, 1.82) is 0 Å². The number of carbonyl (C=O) groups is 2. The third-order valence-electron chi connectivity index (χ3n) is 3.59. The van der Waals surface area contributed by atoms with Crippen molar-refractivity contribution in [3.8, 4) is 0 Å². The molecule has 1 aliphatic heterocycles. The molecule has 5 nitrogen and oxygen atoms in total. The number of piperazine rings is 1. The van der Waals surface area contributed by atoms with Crippen LogP contribution in [-0.2, 0) is 16.0 Å². The van der Waals surface area contributed by atoms with E-state index < -0.39 is 0 Å². The Hall–Kier alpha value is -2.04. The van der Waals surface area contributed by atoms with Crippen molar-refractivity contribution < 1.29 is 14.0 Å². The summed E-state index contributed by atoms with van der Waals surface area (Å²) < 4.78 is 5.27. The van der Waals surface area contributed by atoms with E-state index in [0.29, 0.717) is 32.6 Å². The lowest BCUT2D eigenvalue weighted by Gasteiger charge is -2.35. The molecule has 1 aromatic heterocycles. The molecular formula is C15H20N2O3. The van der Waals surface area contributed by atoms with Gasteiger partial charge in [0.05, 0.1) is 6.26 Å². The van der Waals surface area contributed by atoms with Crippen LogP contribution >= 0.6 is 0 Å². The van der Waals surface area contributed by atoms with Crippen LogP contribution in [0.3, 0.4) is 0 Å². The number of rotatable bonds is 4. The van der Waals surface area contributed by atoms with Gasteiger partial charge in [-0.2, -0.15) is 0 Å². The quantitative estimate of drug-likeness (QED) is 0.779. The lowest BCUT2D eigenvalue weighted by atomic mass is 10.0. The summed E-state index contributed by atoms with van der Waals surface area (Å²) in [5.41, 5.74) is 0.